The smallest absolute Gasteiger partial charge is 0.324 e. The van der Waals surface area contributed by atoms with Crippen molar-refractivity contribution >= 4 is 34.9 Å². The minimum atomic E-state index is -0.0892. The Labute approximate surface area is 187 Å². The first-order chi connectivity index (χ1) is 15.1. The molecule has 6 heteroatoms. The third-order valence-corrected chi connectivity index (χ3v) is 5.65. The van der Waals surface area contributed by atoms with Gasteiger partial charge in [-0.05, 0) is 41.8 Å². The number of carbonyl (C=O) groups excluding carboxylic acids is 2. The first kappa shape index (κ1) is 20.9. The Kier molecular flexibility index (Phi) is 6.53. The second-order valence-electron chi connectivity index (χ2n) is 7.56. The van der Waals surface area contributed by atoms with Gasteiger partial charge in [0.2, 0.25) is 5.91 Å². The topological polar surface area (TPSA) is 52.7 Å². The van der Waals surface area contributed by atoms with Crippen molar-refractivity contribution in [1.82, 2.24) is 4.90 Å². The predicted molar refractivity (Wildman–Crippen MR) is 124 cm³/mol. The summed E-state index contributed by atoms with van der Waals surface area (Å²) < 4.78 is 0. The van der Waals surface area contributed by atoms with Crippen molar-refractivity contribution < 1.29 is 9.59 Å². The van der Waals surface area contributed by atoms with Crippen molar-refractivity contribution in [2.24, 2.45) is 0 Å². The molecule has 1 aliphatic rings. The average Bonchev–Trinajstić information content (AvgIpc) is 2.77. The Morgan fingerprint density at radius 2 is 1.71 bits per heavy atom. The molecule has 0 spiro atoms. The first-order valence-electron chi connectivity index (χ1n) is 10.3. The number of anilines is 2. The van der Waals surface area contributed by atoms with E-state index in [1.807, 2.05) is 83.8 Å². The van der Waals surface area contributed by atoms with Gasteiger partial charge in [0.1, 0.15) is 0 Å². The maximum absolute atomic E-state index is 13.1. The molecule has 3 aromatic rings. The third-order valence-electron chi connectivity index (χ3n) is 5.28. The number of hydrogen-bond acceptors (Lipinski definition) is 2. The van der Waals surface area contributed by atoms with Gasteiger partial charge in [-0.15, -0.1) is 0 Å². The van der Waals surface area contributed by atoms with Gasteiger partial charge < -0.3 is 10.2 Å². The lowest BCUT2D eigenvalue weighted by Crippen LogP contribution is -2.49. The quantitative estimate of drug-likeness (QED) is 0.569. The van der Waals surface area contributed by atoms with Crippen molar-refractivity contribution in [3.63, 3.8) is 0 Å². The summed E-state index contributed by atoms with van der Waals surface area (Å²) in [4.78, 5) is 29.1. The second kappa shape index (κ2) is 9.67. The molecule has 1 saturated heterocycles. The molecule has 0 unspecified atom stereocenters. The molecular formula is C25H24ClN3O2. The Bertz CT molecular complexity index is 1070. The van der Waals surface area contributed by atoms with Crippen LogP contribution >= 0.6 is 11.6 Å². The summed E-state index contributed by atoms with van der Waals surface area (Å²) in [6.07, 6.45) is 1.17. The molecule has 5 nitrogen and oxygen atoms in total. The number of nitrogens with one attached hydrogen (secondary N) is 1. The number of amides is 3. The van der Waals surface area contributed by atoms with Crippen molar-refractivity contribution in [3.05, 3.63) is 95.0 Å². The number of urea groups is 1. The fraction of sp³-hybridized carbons (Fsp3) is 0.200. The number of nitrogens with zero attached hydrogens (tertiary/aromatic N) is 2. The van der Waals surface area contributed by atoms with Crippen molar-refractivity contribution in [1.29, 1.82) is 0 Å². The molecule has 1 heterocycles. The Morgan fingerprint density at radius 1 is 0.935 bits per heavy atom. The standard InChI is InChI=1S/C25H24ClN3O2/c26-23-13-5-4-10-20(23)18-28-14-7-15-29(25(28)31)22-12-6-11-21(17-22)27-24(30)16-19-8-2-1-3-9-19/h1-6,8-13,17H,7,14-16,18H2,(H,27,30). The largest absolute Gasteiger partial charge is 0.326 e. The van der Waals surface area contributed by atoms with Gasteiger partial charge in [0.15, 0.2) is 0 Å². The van der Waals surface area contributed by atoms with Crippen LogP contribution in [-0.2, 0) is 17.8 Å². The highest BCUT2D eigenvalue weighted by Gasteiger charge is 2.27. The minimum absolute atomic E-state index is 0.0565. The third kappa shape index (κ3) is 5.25. The van der Waals surface area contributed by atoms with Crippen LogP contribution in [0, 0.1) is 0 Å². The summed E-state index contributed by atoms with van der Waals surface area (Å²) in [6.45, 7) is 1.80. The lowest BCUT2D eigenvalue weighted by atomic mass is 10.1. The number of halogens is 1. The summed E-state index contributed by atoms with van der Waals surface area (Å²) in [5.74, 6) is -0.0892. The summed E-state index contributed by atoms with van der Waals surface area (Å²) in [6, 6.07) is 24.6. The van der Waals surface area contributed by atoms with Crippen LogP contribution in [-0.4, -0.2) is 29.9 Å². The minimum Gasteiger partial charge on any atom is -0.326 e. The van der Waals surface area contributed by atoms with Gasteiger partial charge in [-0.3, -0.25) is 9.69 Å². The van der Waals surface area contributed by atoms with Gasteiger partial charge in [-0.1, -0.05) is 66.2 Å². The lowest BCUT2D eigenvalue weighted by Gasteiger charge is -2.36. The highest BCUT2D eigenvalue weighted by atomic mass is 35.5. The number of rotatable bonds is 6. The Morgan fingerprint density at radius 3 is 2.52 bits per heavy atom. The lowest BCUT2D eigenvalue weighted by molar-refractivity contribution is -0.115. The Balaban J connectivity index is 1.44. The molecule has 1 fully saturated rings. The van der Waals surface area contributed by atoms with Crippen molar-refractivity contribution in [2.45, 2.75) is 19.4 Å². The van der Waals surface area contributed by atoms with Crippen LogP contribution in [0.4, 0.5) is 16.2 Å². The van der Waals surface area contributed by atoms with E-state index in [4.69, 9.17) is 11.6 Å². The van der Waals surface area contributed by atoms with Gasteiger partial charge in [0.25, 0.3) is 0 Å². The maximum Gasteiger partial charge on any atom is 0.324 e. The summed E-state index contributed by atoms with van der Waals surface area (Å²) in [5, 5.41) is 3.60. The molecule has 0 atom stereocenters. The zero-order valence-electron chi connectivity index (χ0n) is 17.1. The van der Waals surface area contributed by atoms with E-state index in [1.54, 1.807) is 4.90 Å². The molecule has 31 heavy (non-hydrogen) atoms. The highest BCUT2D eigenvalue weighted by molar-refractivity contribution is 6.31. The molecule has 3 aromatic carbocycles. The summed E-state index contributed by atoms with van der Waals surface area (Å²) in [5.41, 5.74) is 3.33. The van der Waals surface area contributed by atoms with Crippen molar-refractivity contribution in [2.75, 3.05) is 23.3 Å². The SMILES string of the molecule is O=C(Cc1ccccc1)Nc1cccc(N2CCCN(Cc3ccccc3Cl)C2=O)c1. The van der Waals surface area contributed by atoms with E-state index >= 15 is 0 Å². The molecule has 3 amide bonds. The van der Waals surface area contributed by atoms with Gasteiger partial charge in [0, 0.05) is 36.0 Å². The van der Waals surface area contributed by atoms with Crippen molar-refractivity contribution in [3.8, 4) is 0 Å². The van der Waals surface area contributed by atoms with E-state index in [0.29, 0.717) is 36.8 Å². The first-order valence-corrected chi connectivity index (χ1v) is 10.7. The molecule has 1 aliphatic heterocycles. The van der Waals surface area contributed by atoms with Crippen LogP contribution in [0.25, 0.3) is 0 Å². The van der Waals surface area contributed by atoms with Crippen LogP contribution in [0.3, 0.4) is 0 Å². The van der Waals surface area contributed by atoms with E-state index in [2.05, 4.69) is 5.32 Å². The van der Waals surface area contributed by atoms with E-state index in [1.165, 1.54) is 0 Å². The maximum atomic E-state index is 13.1. The monoisotopic (exact) mass is 433 g/mol. The molecule has 0 bridgehead atoms. The van der Waals surface area contributed by atoms with E-state index in [9.17, 15) is 9.59 Å². The molecule has 0 radical (unpaired) electrons. The van der Waals surface area contributed by atoms with Crippen LogP contribution in [0.1, 0.15) is 17.5 Å². The van der Waals surface area contributed by atoms with Crippen LogP contribution in [0.5, 0.6) is 0 Å². The molecule has 1 N–H and O–H groups in total. The van der Waals surface area contributed by atoms with Crippen LogP contribution < -0.4 is 10.2 Å². The van der Waals surface area contributed by atoms with Crippen LogP contribution in [0.15, 0.2) is 78.9 Å². The van der Waals surface area contributed by atoms with Gasteiger partial charge >= 0.3 is 6.03 Å². The highest BCUT2D eigenvalue weighted by Crippen LogP contribution is 2.25. The molecule has 0 saturated carbocycles. The number of carbonyl (C=O) groups is 2. The molecule has 158 valence electrons. The fourth-order valence-electron chi connectivity index (χ4n) is 3.74. The van der Waals surface area contributed by atoms with Gasteiger partial charge in [0.05, 0.1) is 6.42 Å². The molecular weight excluding hydrogens is 410 g/mol. The predicted octanol–water partition coefficient (Wildman–Crippen LogP) is 5.35. The molecule has 0 aromatic heterocycles. The van der Waals surface area contributed by atoms with Crippen LogP contribution in [0.2, 0.25) is 5.02 Å². The molecule has 0 aliphatic carbocycles. The average molecular weight is 434 g/mol. The number of hydrogen-bond donors (Lipinski definition) is 1. The zero-order chi connectivity index (χ0) is 21.6. The van der Waals surface area contributed by atoms with Gasteiger partial charge in [-0.2, -0.15) is 0 Å². The molecule has 4 rings (SSSR count). The second-order valence-corrected chi connectivity index (χ2v) is 7.97. The normalized spacial score (nSPS) is 13.9. The van der Waals surface area contributed by atoms with E-state index in [0.717, 1.165) is 23.2 Å². The Hall–Kier alpha value is -3.31. The summed E-state index contributed by atoms with van der Waals surface area (Å²) in [7, 11) is 0. The number of benzene rings is 3. The fourth-order valence-corrected chi connectivity index (χ4v) is 3.93. The van der Waals surface area contributed by atoms with E-state index < -0.39 is 0 Å². The zero-order valence-corrected chi connectivity index (χ0v) is 17.9. The van der Waals surface area contributed by atoms with Gasteiger partial charge in [-0.25, -0.2) is 4.79 Å². The summed E-state index contributed by atoms with van der Waals surface area (Å²) >= 11 is 6.28. The van der Waals surface area contributed by atoms with E-state index in [-0.39, 0.29) is 11.9 Å².